The van der Waals surface area contributed by atoms with E-state index in [1.54, 1.807) is 17.0 Å². The first-order chi connectivity index (χ1) is 13.6. The van der Waals surface area contributed by atoms with E-state index in [1.807, 2.05) is 29.2 Å². The highest BCUT2D eigenvalue weighted by Gasteiger charge is 2.25. The molecule has 3 aromatic rings. The van der Waals surface area contributed by atoms with Crippen molar-refractivity contribution in [3.63, 3.8) is 0 Å². The van der Waals surface area contributed by atoms with Crippen molar-refractivity contribution >= 4 is 38.5 Å². The number of nitrogens with zero attached hydrogens (tertiary/aromatic N) is 3. The summed E-state index contributed by atoms with van der Waals surface area (Å²) in [5, 5.41) is 3.43. The maximum Gasteiger partial charge on any atom is 0.256 e. The predicted octanol–water partition coefficient (Wildman–Crippen LogP) is 2.83. The van der Waals surface area contributed by atoms with Gasteiger partial charge in [0.1, 0.15) is 5.82 Å². The molecule has 1 N–H and O–H groups in total. The first-order valence-electron chi connectivity index (χ1n) is 9.02. The van der Waals surface area contributed by atoms with Gasteiger partial charge in [-0.1, -0.05) is 35.6 Å². The van der Waals surface area contributed by atoms with Gasteiger partial charge in [0.2, 0.25) is 5.91 Å². The minimum atomic E-state index is -0.509. The summed E-state index contributed by atoms with van der Waals surface area (Å²) >= 11 is 1.44. The number of rotatable bonds is 4. The quantitative estimate of drug-likeness (QED) is 0.734. The molecule has 144 valence electrons. The van der Waals surface area contributed by atoms with Crippen molar-refractivity contribution in [2.45, 2.75) is 0 Å². The Morgan fingerprint density at radius 2 is 1.75 bits per heavy atom. The molecule has 1 aliphatic heterocycles. The zero-order chi connectivity index (χ0) is 19.5. The number of para-hydroxylation sites is 1. The zero-order valence-corrected chi connectivity index (χ0v) is 15.9. The molecule has 0 unspecified atom stereocenters. The number of hydrogen-bond acceptors (Lipinski definition) is 5. The predicted molar refractivity (Wildman–Crippen MR) is 107 cm³/mol. The lowest BCUT2D eigenvalue weighted by molar-refractivity contribution is -0.117. The fraction of sp³-hybridized carbons (Fsp3) is 0.250. The number of carbonyl (C=O) groups is 2. The van der Waals surface area contributed by atoms with Crippen LogP contribution in [0.2, 0.25) is 0 Å². The maximum atomic E-state index is 13.8. The summed E-state index contributed by atoms with van der Waals surface area (Å²) in [5.41, 5.74) is 0.951. The van der Waals surface area contributed by atoms with Crippen LogP contribution in [-0.4, -0.2) is 59.3 Å². The van der Waals surface area contributed by atoms with E-state index < -0.39 is 5.82 Å². The average molecular weight is 398 g/mol. The van der Waals surface area contributed by atoms with Gasteiger partial charge in [-0.2, -0.15) is 0 Å². The molecule has 2 amide bonds. The average Bonchev–Trinajstić information content (AvgIpc) is 3.10. The number of halogens is 1. The summed E-state index contributed by atoms with van der Waals surface area (Å²) < 4.78 is 14.8. The Bertz CT molecular complexity index is 981. The molecule has 1 aromatic heterocycles. The number of benzene rings is 2. The summed E-state index contributed by atoms with van der Waals surface area (Å²) in [5.74, 6) is -0.949. The SMILES string of the molecule is O=C(CN1CCN(C(=O)c2ccccc2F)CC1)Nc1nc2ccccc2s1. The first-order valence-corrected chi connectivity index (χ1v) is 9.83. The standard InChI is InChI=1S/C20H19FN4O2S/c21-15-6-2-1-5-14(15)19(27)25-11-9-24(10-12-25)13-18(26)23-20-22-16-7-3-4-8-17(16)28-20/h1-8H,9-13H2,(H,22,23,26). The second-order valence-corrected chi connectivity index (χ2v) is 7.61. The number of fused-ring (bicyclic) bond motifs is 1. The first kappa shape index (κ1) is 18.5. The van der Waals surface area contributed by atoms with Crippen molar-refractivity contribution in [1.82, 2.24) is 14.8 Å². The van der Waals surface area contributed by atoms with E-state index in [-0.39, 0.29) is 23.9 Å². The van der Waals surface area contributed by atoms with Crippen LogP contribution in [0.15, 0.2) is 48.5 Å². The summed E-state index contributed by atoms with van der Waals surface area (Å²) in [6.45, 7) is 2.28. The molecule has 4 rings (SSSR count). The van der Waals surface area contributed by atoms with E-state index >= 15 is 0 Å². The van der Waals surface area contributed by atoms with Gasteiger partial charge in [-0.3, -0.25) is 14.5 Å². The zero-order valence-electron chi connectivity index (χ0n) is 15.1. The molecule has 2 aromatic carbocycles. The van der Waals surface area contributed by atoms with E-state index in [2.05, 4.69) is 10.3 Å². The second-order valence-electron chi connectivity index (χ2n) is 6.58. The molecule has 1 fully saturated rings. The normalized spacial score (nSPS) is 15.0. The smallest absolute Gasteiger partial charge is 0.256 e. The molecule has 1 saturated heterocycles. The highest BCUT2D eigenvalue weighted by atomic mass is 32.1. The molecule has 1 aliphatic rings. The van der Waals surface area contributed by atoms with Gasteiger partial charge in [0, 0.05) is 26.2 Å². The van der Waals surface area contributed by atoms with Gasteiger partial charge in [0.25, 0.3) is 5.91 Å². The monoisotopic (exact) mass is 398 g/mol. The van der Waals surface area contributed by atoms with E-state index in [4.69, 9.17) is 0 Å². The Morgan fingerprint density at radius 3 is 2.50 bits per heavy atom. The largest absolute Gasteiger partial charge is 0.336 e. The molecule has 0 bridgehead atoms. The van der Waals surface area contributed by atoms with Crippen molar-refractivity contribution in [1.29, 1.82) is 0 Å². The fourth-order valence-electron chi connectivity index (χ4n) is 3.20. The van der Waals surface area contributed by atoms with E-state index in [1.165, 1.54) is 23.5 Å². The number of hydrogen-bond donors (Lipinski definition) is 1. The van der Waals surface area contributed by atoms with Crippen LogP contribution in [0.3, 0.4) is 0 Å². The number of carbonyl (C=O) groups excluding carboxylic acids is 2. The molecular formula is C20H19FN4O2S. The number of anilines is 1. The maximum absolute atomic E-state index is 13.8. The summed E-state index contributed by atoms with van der Waals surface area (Å²) in [6.07, 6.45) is 0. The molecule has 0 spiro atoms. The van der Waals surface area contributed by atoms with Gasteiger partial charge in [-0.15, -0.1) is 0 Å². The number of aromatic nitrogens is 1. The summed E-state index contributed by atoms with van der Waals surface area (Å²) in [6, 6.07) is 13.7. The molecule has 0 aliphatic carbocycles. The van der Waals surface area contributed by atoms with Crippen LogP contribution in [0.4, 0.5) is 9.52 Å². The third-order valence-electron chi connectivity index (χ3n) is 4.67. The van der Waals surface area contributed by atoms with Crippen LogP contribution in [0.1, 0.15) is 10.4 Å². The molecule has 0 radical (unpaired) electrons. The highest BCUT2D eigenvalue weighted by Crippen LogP contribution is 2.25. The van der Waals surface area contributed by atoms with Gasteiger partial charge < -0.3 is 10.2 Å². The molecule has 0 saturated carbocycles. The van der Waals surface area contributed by atoms with Crippen LogP contribution in [-0.2, 0) is 4.79 Å². The van der Waals surface area contributed by atoms with Crippen LogP contribution in [0, 0.1) is 5.82 Å². The topological polar surface area (TPSA) is 65.5 Å². The van der Waals surface area contributed by atoms with Crippen molar-refractivity contribution in [2.24, 2.45) is 0 Å². The lowest BCUT2D eigenvalue weighted by atomic mass is 10.1. The number of thiazole rings is 1. The van der Waals surface area contributed by atoms with Crippen LogP contribution in [0.5, 0.6) is 0 Å². The summed E-state index contributed by atoms with van der Waals surface area (Å²) in [7, 11) is 0. The van der Waals surface area contributed by atoms with Gasteiger partial charge >= 0.3 is 0 Å². The second kappa shape index (κ2) is 8.04. The van der Waals surface area contributed by atoms with E-state index in [0.29, 0.717) is 31.3 Å². The Hall–Kier alpha value is -2.84. The van der Waals surface area contributed by atoms with Crippen LogP contribution in [0.25, 0.3) is 10.2 Å². The number of nitrogens with one attached hydrogen (secondary N) is 1. The molecule has 6 nitrogen and oxygen atoms in total. The van der Waals surface area contributed by atoms with Crippen molar-refractivity contribution < 1.29 is 14.0 Å². The Morgan fingerprint density at radius 1 is 1.04 bits per heavy atom. The fourth-order valence-corrected chi connectivity index (χ4v) is 4.08. The molecule has 28 heavy (non-hydrogen) atoms. The molecule has 8 heteroatoms. The van der Waals surface area contributed by atoms with Crippen LogP contribution < -0.4 is 5.32 Å². The minimum Gasteiger partial charge on any atom is -0.336 e. The van der Waals surface area contributed by atoms with Crippen molar-refractivity contribution in [3.05, 3.63) is 59.9 Å². The molecule has 0 atom stereocenters. The van der Waals surface area contributed by atoms with Gasteiger partial charge in [0.15, 0.2) is 5.13 Å². The minimum absolute atomic E-state index is 0.0875. The third-order valence-corrected chi connectivity index (χ3v) is 5.62. The molecule has 2 heterocycles. The third kappa shape index (κ3) is 4.02. The Labute approximate surface area is 165 Å². The van der Waals surface area contributed by atoms with Crippen LogP contribution >= 0.6 is 11.3 Å². The highest BCUT2D eigenvalue weighted by molar-refractivity contribution is 7.22. The number of piperazine rings is 1. The Balaban J connectivity index is 1.30. The van der Waals surface area contributed by atoms with E-state index in [9.17, 15) is 14.0 Å². The molecular weight excluding hydrogens is 379 g/mol. The lowest BCUT2D eigenvalue weighted by Crippen LogP contribution is -2.50. The lowest BCUT2D eigenvalue weighted by Gasteiger charge is -2.34. The van der Waals surface area contributed by atoms with E-state index in [0.717, 1.165) is 10.2 Å². The number of amides is 2. The summed E-state index contributed by atoms with van der Waals surface area (Å²) in [4.78, 5) is 32.8. The Kier molecular flexibility index (Phi) is 5.31. The van der Waals surface area contributed by atoms with Gasteiger partial charge in [-0.25, -0.2) is 9.37 Å². The van der Waals surface area contributed by atoms with Crippen molar-refractivity contribution in [3.8, 4) is 0 Å². The van der Waals surface area contributed by atoms with Gasteiger partial charge in [-0.05, 0) is 24.3 Å². The van der Waals surface area contributed by atoms with Crippen molar-refractivity contribution in [2.75, 3.05) is 38.0 Å². The van der Waals surface area contributed by atoms with Gasteiger partial charge in [0.05, 0.1) is 22.3 Å².